The molecule has 9 atom stereocenters. The van der Waals surface area contributed by atoms with E-state index in [2.05, 4.69) is 0 Å². The van der Waals surface area contributed by atoms with Crippen molar-refractivity contribution in [2.24, 2.45) is 0 Å². The lowest BCUT2D eigenvalue weighted by atomic mass is 9.99. The molecule has 2 aliphatic heterocycles. The number of hydrogen-bond acceptors (Lipinski definition) is 10. The van der Waals surface area contributed by atoms with Gasteiger partial charge in [0.05, 0.1) is 6.61 Å². The Labute approximate surface area is 130 Å². The first-order valence-corrected chi connectivity index (χ1v) is 7.00. The fourth-order valence-electron chi connectivity index (χ4n) is 2.61. The fourth-order valence-corrected chi connectivity index (χ4v) is 2.61. The van der Waals surface area contributed by atoms with Crippen molar-refractivity contribution in [2.75, 3.05) is 19.9 Å². The van der Waals surface area contributed by atoms with E-state index >= 15 is 0 Å². The summed E-state index contributed by atoms with van der Waals surface area (Å²) in [4.78, 5) is 0. The Balaban J connectivity index is 2.18. The van der Waals surface area contributed by atoms with E-state index in [9.17, 15) is 35.0 Å². The van der Waals surface area contributed by atoms with Crippen molar-refractivity contribution in [3.63, 3.8) is 0 Å². The van der Waals surface area contributed by atoms with Gasteiger partial charge in [0.2, 0.25) is 5.79 Å². The van der Waals surface area contributed by atoms with Gasteiger partial charge in [-0.2, -0.15) is 0 Å². The van der Waals surface area contributed by atoms with Crippen LogP contribution in [0.1, 0.15) is 0 Å². The topological polar surface area (TPSA) is 169 Å². The maximum Gasteiger partial charge on any atom is 0.224 e. The molecule has 0 bridgehead atoms. The number of alkyl halides is 1. The van der Waals surface area contributed by atoms with Gasteiger partial charge >= 0.3 is 0 Å². The molecule has 0 aliphatic carbocycles. The second-order valence-electron chi connectivity index (χ2n) is 5.53. The van der Waals surface area contributed by atoms with E-state index in [1.165, 1.54) is 0 Å². The fraction of sp³-hybridized carbons (Fsp3) is 1.00. The minimum Gasteiger partial charge on any atom is -0.394 e. The Kier molecular flexibility index (Phi) is 5.90. The average molecular weight is 344 g/mol. The Morgan fingerprint density at radius 3 is 2.04 bits per heavy atom. The molecule has 0 aromatic heterocycles. The number of aliphatic hydroxyl groups is 7. The maximum atomic E-state index is 12.8. The average Bonchev–Trinajstić information content (AvgIpc) is 2.80. The summed E-state index contributed by atoms with van der Waals surface area (Å²) in [5.41, 5.74) is 0. The first-order chi connectivity index (χ1) is 10.8. The largest absolute Gasteiger partial charge is 0.394 e. The zero-order chi connectivity index (χ0) is 17.4. The second-order valence-corrected chi connectivity index (χ2v) is 5.53. The van der Waals surface area contributed by atoms with Crippen molar-refractivity contribution in [3.8, 4) is 0 Å². The van der Waals surface area contributed by atoms with Gasteiger partial charge in [-0.05, 0) is 0 Å². The number of halogens is 1. The molecule has 2 rings (SSSR count). The summed E-state index contributed by atoms with van der Waals surface area (Å²) in [6.07, 6.45) is -13.2. The van der Waals surface area contributed by atoms with Crippen LogP contribution in [0.15, 0.2) is 0 Å². The summed E-state index contributed by atoms with van der Waals surface area (Å²) < 4.78 is 28.0. The normalized spacial score (nSPS) is 51.1. The van der Waals surface area contributed by atoms with Gasteiger partial charge in [0.15, 0.2) is 6.29 Å². The smallest absolute Gasteiger partial charge is 0.224 e. The SMILES string of the molecule is OC[C@H]1O[C@@H](O[C@]2(CO)O[C@H](CF)[C@@H](O)[C@@H]2O)[C@H](O)[C@@H](O)[C@@H]1O. The van der Waals surface area contributed by atoms with Gasteiger partial charge in [0.25, 0.3) is 0 Å². The molecular formula is C12H21FO10. The van der Waals surface area contributed by atoms with Crippen LogP contribution in [0.5, 0.6) is 0 Å². The number of rotatable bonds is 5. The van der Waals surface area contributed by atoms with Crippen molar-refractivity contribution >= 4 is 0 Å². The van der Waals surface area contributed by atoms with Crippen molar-refractivity contribution in [1.29, 1.82) is 0 Å². The number of hydrogen-bond donors (Lipinski definition) is 7. The van der Waals surface area contributed by atoms with Crippen molar-refractivity contribution in [2.45, 2.75) is 54.8 Å². The van der Waals surface area contributed by atoms with E-state index in [1.54, 1.807) is 0 Å². The van der Waals surface area contributed by atoms with Crippen molar-refractivity contribution in [1.82, 2.24) is 0 Å². The molecule has 11 heteroatoms. The highest BCUT2D eigenvalue weighted by atomic mass is 19.1. The van der Waals surface area contributed by atoms with Gasteiger partial charge in [-0.3, -0.25) is 0 Å². The zero-order valence-electron chi connectivity index (χ0n) is 12.0. The Morgan fingerprint density at radius 2 is 1.57 bits per heavy atom. The molecule has 7 N–H and O–H groups in total. The summed E-state index contributed by atoms with van der Waals surface area (Å²) in [6, 6.07) is 0. The van der Waals surface area contributed by atoms with E-state index in [0.29, 0.717) is 0 Å². The van der Waals surface area contributed by atoms with E-state index in [-0.39, 0.29) is 0 Å². The lowest BCUT2D eigenvalue weighted by Gasteiger charge is -2.43. The summed E-state index contributed by atoms with van der Waals surface area (Å²) >= 11 is 0. The van der Waals surface area contributed by atoms with Crippen LogP contribution < -0.4 is 0 Å². The Bertz CT molecular complexity index is 398. The maximum absolute atomic E-state index is 12.8. The third-order valence-corrected chi connectivity index (χ3v) is 4.04. The predicted molar refractivity (Wildman–Crippen MR) is 67.5 cm³/mol. The first kappa shape index (κ1) is 18.9. The highest BCUT2D eigenvalue weighted by Crippen LogP contribution is 2.36. The molecule has 0 aromatic carbocycles. The van der Waals surface area contributed by atoms with E-state index < -0.39 is 74.7 Å². The number of ether oxygens (including phenoxy) is 3. The lowest BCUT2D eigenvalue weighted by Crippen LogP contribution is -2.62. The van der Waals surface area contributed by atoms with Crippen LogP contribution >= 0.6 is 0 Å². The number of aliphatic hydroxyl groups excluding tert-OH is 7. The lowest BCUT2D eigenvalue weighted by molar-refractivity contribution is -0.383. The molecule has 2 saturated heterocycles. The molecule has 0 unspecified atom stereocenters. The quantitative estimate of drug-likeness (QED) is 0.258. The molecular weight excluding hydrogens is 323 g/mol. The molecule has 2 aliphatic rings. The molecule has 2 fully saturated rings. The molecule has 10 nitrogen and oxygen atoms in total. The van der Waals surface area contributed by atoms with Gasteiger partial charge in [0.1, 0.15) is 56.0 Å². The summed E-state index contributed by atoms with van der Waals surface area (Å²) in [5.74, 6) is -2.30. The summed E-state index contributed by atoms with van der Waals surface area (Å²) in [5, 5.41) is 67.3. The van der Waals surface area contributed by atoms with Gasteiger partial charge in [0, 0.05) is 0 Å². The van der Waals surface area contributed by atoms with Gasteiger partial charge in [-0.1, -0.05) is 0 Å². The van der Waals surface area contributed by atoms with E-state index in [1.807, 2.05) is 0 Å². The predicted octanol–water partition coefficient (Wildman–Crippen LogP) is -4.42. The van der Waals surface area contributed by atoms with Crippen LogP contribution in [0, 0.1) is 0 Å². The van der Waals surface area contributed by atoms with Crippen LogP contribution in [0.2, 0.25) is 0 Å². The van der Waals surface area contributed by atoms with E-state index in [0.717, 1.165) is 0 Å². The highest BCUT2D eigenvalue weighted by Gasteiger charge is 2.58. The molecule has 2 heterocycles. The molecule has 0 spiro atoms. The van der Waals surface area contributed by atoms with Crippen molar-refractivity contribution in [3.05, 3.63) is 0 Å². The minimum atomic E-state index is -2.30. The first-order valence-electron chi connectivity index (χ1n) is 7.00. The van der Waals surface area contributed by atoms with Gasteiger partial charge in [-0.25, -0.2) is 4.39 Å². The molecule has 0 radical (unpaired) electrons. The zero-order valence-corrected chi connectivity index (χ0v) is 12.0. The second kappa shape index (κ2) is 7.19. The third-order valence-electron chi connectivity index (χ3n) is 4.04. The highest BCUT2D eigenvalue weighted by molar-refractivity contribution is 4.98. The Hall–Kier alpha value is -0.470. The molecule has 136 valence electrons. The van der Waals surface area contributed by atoms with Crippen molar-refractivity contribution < 1.29 is 54.3 Å². The monoisotopic (exact) mass is 344 g/mol. The minimum absolute atomic E-state index is 0.712. The Morgan fingerprint density at radius 1 is 0.913 bits per heavy atom. The van der Waals surface area contributed by atoms with Gasteiger partial charge in [-0.15, -0.1) is 0 Å². The van der Waals surface area contributed by atoms with Crippen LogP contribution in [0.4, 0.5) is 4.39 Å². The molecule has 0 aromatic rings. The summed E-state index contributed by atoms with van der Waals surface area (Å²) in [7, 11) is 0. The van der Waals surface area contributed by atoms with E-state index in [4.69, 9.17) is 19.3 Å². The standard InChI is InChI=1S/C12H21FO10/c13-1-4-7(17)10(20)12(3-15,22-4)23-11-9(19)8(18)6(16)5(2-14)21-11/h4-11,14-20H,1-3H2/t4-,5-,6-,7-,8+,9-,10+,11+,12+/m1/s1. The molecule has 0 amide bonds. The van der Waals surface area contributed by atoms with Crippen LogP contribution in [-0.4, -0.2) is 110 Å². The van der Waals surface area contributed by atoms with Gasteiger partial charge < -0.3 is 50.0 Å². The molecule has 0 saturated carbocycles. The van der Waals surface area contributed by atoms with Crippen LogP contribution in [0.25, 0.3) is 0 Å². The third kappa shape index (κ3) is 3.22. The van der Waals surface area contributed by atoms with Crippen LogP contribution in [-0.2, 0) is 14.2 Å². The summed E-state index contributed by atoms with van der Waals surface area (Å²) in [6.45, 7) is -2.90. The van der Waals surface area contributed by atoms with Crippen LogP contribution in [0.3, 0.4) is 0 Å². The molecule has 23 heavy (non-hydrogen) atoms.